The quantitative estimate of drug-likeness (QED) is 0.184. The van der Waals surface area contributed by atoms with Crippen molar-refractivity contribution in [1.82, 2.24) is 0 Å². The van der Waals surface area contributed by atoms with Crippen LogP contribution in [0.5, 0.6) is 0 Å². The van der Waals surface area contributed by atoms with Gasteiger partial charge < -0.3 is 9.32 Å². The lowest BCUT2D eigenvalue weighted by Gasteiger charge is -2.28. The van der Waals surface area contributed by atoms with Crippen LogP contribution in [0.4, 0.5) is 17.1 Å². The fourth-order valence-corrected chi connectivity index (χ4v) is 8.34. The van der Waals surface area contributed by atoms with Gasteiger partial charge in [-0.25, -0.2) is 0 Å². The van der Waals surface area contributed by atoms with E-state index in [1.807, 2.05) is 0 Å². The van der Waals surface area contributed by atoms with Crippen molar-refractivity contribution in [2.24, 2.45) is 0 Å². The highest BCUT2D eigenvalue weighted by Crippen LogP contribution is 2.51. The molecule has 0 radical (unpaired) electrons. The van der Waals surface area contributed by atoms with Crippen molar-refractivity contribution >= 4 is 49.8 Å². The Morgan fingerprint density at radius 3 is 1.90 bits per heavy atom. The van der Waals surface area contributed by atoms with Crippen LogP contribution in [0, 0.1) is 0 Å². The average Bonchev–Trinajstić information content (AvgIpc) is 3.67. The maximum Gasteiger partial charge on any atom is 0.136 e. The number of para-hydroxylation sites is 1. The van der Waals surface area contributed by atoms with Crippen LogP contribution in [0.25, 0.3) is 66.1 Å². The van der Waals surface area contributed by atoms with E-state index in [2.05, 4.69) is 195 Å². The molecule has 0 amide bonds. The molecule has 10 rings (SSSR count). The molecule has 0 saturated carbocycles. The summed E-state index contributed by atoms with van der Waals surface area (Å²) in [4.78, 5) is 2.37. The summed E-state index contributed by atoms with van der Waals surface area (Å²) in [5.41, 5.74) is 15.3. The second kappa shape index (κ2) is 11.3. The summed E-state index contributed by atoms with van der Waals surface area (Å²) in [5, 5.41) is 4.71. The molecule has 8 aromatic carbocycles. The molecule has 0 saturated heterocycles. The van der Waals surface area contributed by atoms with Crippen LogP contribution in [0.1, 0.15) is 25.0 Å². The molecule has 0 atom stereocenters. The van der Waals surface area contributed by atoms with Gasteiger partial charge in [0.1, 0.15) is 11.2 Å². The number of rotatable bonds is 5. The van der Waals surface area contributed by atoms with Crippen molar-refractivity contribution in [1.29, 1.82) is 0 Å². The summed E-state index contributed by atoms with van der Waals surface area (Å²) in [6.45, 7) is 4.69. The summed E-state index contributed by atoms with van der Waals surface area (Å²) in [6.07, 6.45) is 0. The smallest absolute Gasteiger partial charge is 0.136 e. The topological polar surface area (TPSA) is 16.4 Å². The number of hydrogen-bond acceptors (Lipinski definition) is 2. The molecule has 0 spiro atoms. The molecule has 9 aromatic rings. The van der Waals surface area contributed by atoms with Crippen molar-refractivity contribution < 1.29 is 4.42 Å². The van der Waals surface area contributed by atoms with E-state index in [0.29, 0.717) is 0 Å². The van der Waals surface area contributed by atoms with Gasteiger partial charge in [-0.2, -0.15) is 0 Å². The molecule has 1 aromatic heterocycles. The number of nitrogens with zero attached hydrogens (tertiary/aromatic N) is 1. The Morgan fingerprint density at radius 1 is 0.412 bits per heavy atom. The monoisotopic (exact) mass is 653 g/mol. The van der Waals surface area contributed by atoms with E-state index < -0.39 is 0 Å². The molecule has 2 heteroatoms. The first-order chi connectivity index (χ1) is 25.0. The lowest BCUT2D eigenvalue weighted by molar-refractivity contribution is 0.660. The third-order valence-electron chi connectivity index (χ3n) is 10.9. The van der Waals surface area contributed by atoms with Gasteiger partial charge in [-0.3, -0.25) is 0 Å². The lowest BCUT2D eigenvalue weighted by atomic mass is 9.82. The van der Waals surface area contributed by atoms with E-state index in [1.165, 1.54) is 49.7 Å². The first-order valence-corrected chi connectivity index (χ1v) is 17.7. The number of anilines is 3. The zero-order chi connectivity index (χ0) is 34.1. The average molecular weight is 654 g/mol. The molecule has 242 valence electrons. The summed E-state index contributed by atoms with van der Waals surface area (Å²) >= 11 is 0. The summed E-state index contributed by atoms with van der Waals surface area (Å²) in [7, 11) is 0. The Labute approximate surface area is 297 Å². The maximum atomic E-state index is 6.52. The molecule has 1 aliphatic rings. The maximum absolute atomic E-state index is 6.52. The van der Waals surface area contributed by atoms with E-state index in [9.17, 15) is 0 Å². The SMILES string of the molecule is CC1(C)c2ccccc2-c2ccc(N(c3ccccc3)c3ccc(-c4cccc5ccc6oc7cc(-c8ccccc8)ccc7c6c45)cc3)cc21. The van der Waals surface area contributed by atoms with Crippen LogP contribution >= 0.6 is 0 Å². The Bertz CT molecular complexity index is 2760. The molecule has 0 N–H and O–H groups in total. The molecule has 51 heavy (non-hydrogen) atoms. The number of fused-ring (bicyclic) bond motifs is 8. The fourth-order valence-electron chi connectivity index (χ4n) is 8.34. The van der Waals surface area contributed by atoms with Gasteiger partial charge in [-0.1, -0.05) is 135 Å². The van der Waals surface area contributed by atoms with Crippen LogP contribution in [-0.2, 0) is 5.41 Å². The Kier molecular flexibility index (Phi) is 6.56. The van der Waals surface area contributed by atoms with Gasteiger partial charge in [0.05, 0.1) is 0 Å². The van der Waals surface area contributed by atoms with Crippen LogP contribution < -0.4 is 4.90 Å². The second-order valence-electron chi connectivity index (χ2n) is 14.1. The Morgan fingerprint density at radius 2 is 1.08 bits per heavy atom. The number of benzene rings is 8. The van der Waals surface area contributed by atoms with E-state index in [-0.39, 0.29) is 5.41 Å². The summed E-state index contributed by atoms with van der Waals surface area (Å²) < 4.78 is 6.52. The van der Waals surface area contributed by atoms with E-state index in [4.69, 9.17) is 4.42 Å². The molecule has 2 nitrogen and oxygen atoms in total. The van der Waals surface area contributed by atoms with E-state index in [0.717, 1.165) is 44.6 Å². The molecule has 0 bridgehead atoms. The first kappa shape index (κ1) is 29.5. The highest BCUT2D eigenvalue weighted by Gasteiger charge is 2.35. The zero-order valence-electron chi connectivity index (χ0n) is 28.6. The molecular weight excluding hydrogens is 619 g/mol. The Hall–Kier alpha value is -6.38. The van der Waals surface area contributed by atoms with Crippen molar-refractivity contribution in [3.63, 3.8) is 0 Å². The predicted octanol–water partition coefficient (Wildman–Crippen LogP) is 13.8. The first-order valence-electron chi connectivity index (χ1n) is 17.7. The zero-order valence-corrected chi connectivity index (χ0v) is 28.6. The van der Waals surface area contributed by atoms with Gasteiger partial charge in [0.25, 0.3) is 0 Å². The standard InChI is InChI=1S/C49H35NO/c1-49(2)43-19-10-9-17-40(43)41-28-26-38(31-44(41)49)50(36-15-7-4-8-16-36)37-24-20-33(21-25-37)39-18-11-14-34-23-29-45-48(47(34)39)42-27-22-35(30-46(42)51-45)32-12-5-3-6-13-32/h3-31H,1-2H3. The molecule has 0 fully saturated rings. The molecule has 0 unspecified atom stereocenters. The van der Waals surface area contributed by atoms with Gasteiger partial charge >= 0.3 is 0 Å². The van der Waals surface area contributed by atoms with Crippen molar-refractivity contribution in [2.45, 2.75) is 19.3 Å². The normalized spacial score (nSPS) is 13.1. The summed E-state index contributed by atoms with van der Waals surface area (Å²) in [5.74, 6) is 0. The predicted molar refractivity (Wildman–Crippen MR) is 214 cm³/mol. The second-order valence-corrected chi connectivity index (χ2v) is 14.1. The van der Waals surface area contributed by atoms with Gasteiger partial charge in [0.2, 0.25) is 0 Å². The summed E-state index contributed by atoms with van der Waals surface area (Å²) in [6, 6.07) is 63.5. The number of furan rings is 1. The van der Waals surface area contributed by atoms with Crippen molar-refractivity contribution in [3.8, 4) is 33.4 Å². The molecular formula is C49H35NO. The van der Waals surface area contributed by atoms with Crippen molar-refractivity contribution in [2.75, 3.05) is 4.90 Å². The number of hydrogen-bond donors (Lipinski definition) is 0. The molecule has 0 aliphatic heterocycles. The minimum absolute atomic E-state index is 0.0752. The van der Waals surface area contributed by atoms with Crippen LogP contribution in [0.15, 0.2) is 180 Å². The Balaban J connectivity index is 1.09. The van der Waals surface area contributed by atoms with Gasteiger partial charge in [-0.05, 0) is 104 Å². The highest BCUT2D eigenvalue weighted by molar-refractivity contribution is 6.23. The largest absolute Gasteiger partial charge is 0.456 e. The highest BCUT2D eigenvalue weighted by atomic mass is 16.3. The third kappa shape index (κ3) is 4.64. The third-order valence-corrected chi connectivity index (χ3v) is 10.9. The minimum atomic E-state index is -0.0752. The van der Waals surface area contributed by atoms with Gasteiger partial charge in [0, 0.05) is 38.6 Å². The molecule has 1 aliphatic carbocycles. The fraction of sp³-hybridized carbons (Fsp3) is 0.0612. The van der Waals surface area contributed by atoms with Crippen LogP contribution in [0.2, 0.25) is 0 Å². The van der Waals surface area contributed by atoms with E-state index >= 15 is 0 Å². The van der Waals surface area contributed by atoms with Crippen molar-refractivity contribution in [3.05, 3.63) is 187 Å². The molecule has 1 heterocycles. The van der Waals surface area contributed by atoms with Gasteiger partial charge in [0.15, 0.2) is 0 Å². The van der Waals surface area contributed by atoms with Crippen LogP contribution in [0.3, 0.4) is 0 Å². The van der Waals surface area contributed by atoms with E-state index in [1.54, 1.807) is 0 Å². The van der Waals surface area contributed by atoms with Gasteiger partial charge in [-0.15, -0.1) is 0 Å². The van der Waals surface area contributed by atoms with Crippen LogP contribution in [-0.4, -0.2) is 0 Å². The lowest BCUT2D eigenvalue weighted by Crippen LogP contribution is -2.16. The minimum Gasteiger partial charge on any atom is -0.456 e.